The van der Waals surface area contributed by atoms with Crippen LogP contribution >= 0.6 is 0 Å². The fourth-order valence-electron chi connectivity index (χ4n) is 2.77. The van der Waals surface area contributed by atoms with Gasteiger partial charge in [0.05, 0.1) is 0 Å². The number of likely N-dealkylation sites (N-methyl/N-ethyl adjacent to an activating group) is 1. The number of H-pyrrole nitrogens is 1. The summed E-state index contributed by atoms with van der Waals surface area (Å²) in [7, 11) is 0. The van der Waals surface area contributed by atoms with Crippen LogP contribution in [0.4, 0.5) is 0 Å². The molecule has 1 aliphatic rings. The lowest BCUT2D eigenvalue weighted by Crippen LogP contribution is -2.35. The molecular weight excluding hydrogens is 382 g/mol. The molecule has 0 aliphatic carbocycles. The van der Waals surface area contributed by atoms with Gasteiger partial charge in [0, 0.05) is 25.4 Å². The molecule has 10 nitrogen and oxygen atoms in total. The lowest BCUT2D eigenvalue weighted by molar-refractivity contribution is -0.152. The van der Waals surface area contributed by atoms with E-state index in [0.717, 1.165) is 16.2 Å². The first-order valence-electron chi connectivity index (χ1n) is 9.08. The molecule has 0 saturated carbocycles. The molecular formula is C19H21N3O7. The molecule has 0 bridgehead atoms. The molecule has 2 heterocycles. The predicted molar refractivity (Wildman–Crippen MR) is 101 cm³/mol. The highest BCUT2D eigenvalue weighted by atomic mass is 16.6. The van der Waals surface area contributed by atoms with Gasteiger partial charge in [-0.2, -0.15) is 0 Å². The second-order valence-corrected chi connectivity index (χ2v) is 6.28. The van der Waals surface area contributed by atoms with Crippen LogP contribution in [0.1, 0.15) is 12.5 Å². The van der Waals surface area contributed by atoms with Crippen LogP contribution in [0.3, 0.4) is 0 Å². The third-order valence-corrected chi connectivity index (χ3v) is 4.27. The third kappa shape index (κ3) is 5.24. The summed E-state index contributed by atoms with van der Waals surface area (Å²) in [4.78, 5) is 50.5. The van der Waals surface area contributed by atoms with Gasteiger partial charge in [0.25, 0.3) is 11.5 Å². The Morgan fingerprint density at radius 2 is 1.93 bits per heavy atom. The van der Waals surface area contributed by atoms with Crippen LogP contribution in [-0.2, 0) is 27.4 Å². The Bertz CT molecular complexity index is 1010. The lowest BCUT2D eigenvalue weighted by Gasteiger charge is -2.23. The van der Waals surface area contributed by atoms with Crippen LogP contribution < -0.4 is 20.7 Å². The summed E-state index contributed by atoms with van der Waals surface area (Å²) in [6.07, 6.45) is 1.18. The van der Waals surface area contributed by atoms with Crippen molar-refractivity contribution in [2.45, 2.75) is 20.0 Å². The van der Waals surface area contributed by atoms with Gasteiger partial charge in [-0.05, 0) is 24.6 Å². The van der Waals surface area contributed by atoms with E-state index in [0.29, 0.717) is 37.8 Å². The number of nitrogens with zero attached hydrogens (tertiary/aromatic N) is 2. The molecule has 2 aromatic rings. The Balaban J connectivity index is 1.55. The zero-order valence-corrected chi connectivity index (χ0v) is 15.9. The molecule has 0 saturated heterocycles. The molecule has 29 heavy (non-hydrogen) atoms. The molecule has 0 spiro atoms. The maximum Gasteiger partial charge on any atom is 0.328 e. The van der Waals surface area contributed by atoms with Crippen molar-refractivity contribution in [3.63, 3.8) is 0 Å². The molecule has 1 amide bonds. The van der Waals surface area contributed by atoms with E-state index >= 15 is 0 Å². The van der Waals surface area contributed by atoms with Gasteiger partial charge in [-0.1, -0.05) is 6.07 Å². The number of carbonyl (C=O) groups is 2. The summed E-state index contributed by atoms with van der Waals surface area (Å²) in [6, 6.07) is 6.58. The first kappa shape index (κ1) is 20.2. The molecule has 3 rings (SSSR count). The number of fused-ring (bicyclic) bond motifs is 1. The second-order valence-electron chi connectivity index (χ2n) is 6.28. The molecule has 10 heteroatoms. The van der Waals surface area contributed by atoms with E-state index in [2.05, 4.69) is 0 Å². The highest BCUT2D eigenvalue weighted by molar-refractivity contribution is 5.80. The summed E-state index contributed by atoms with van der Waals surface area (Å²) in [5.41, 5.74) is -0.433. The Hall–Kier alpha value is -3.56. The van der Waals surface area contributed by atoms with Crippen molar-refractivity contribution in [2.75, 3.05) is 26.4 Å². The fraction of sp³-hybridized carbons (Fsp3) is 0.368. The largest absolute Gasteiger partial charge is 0.486 e. The zero-order valence-electron chi connectivity index (χ0n) is 15.9. The minimum absolute atomic E-state index is 0.322. The van der Waals surface area contributed by atoms with Crippen molar-refractivity contribution in [2.24, 2.45) is 0 Å². The maximum absolute atomic E-state index is 12.4. The van der Waals surface area contributed by atoms with Crippen molar-refractivity contribution in [3.05, 3.63) is 56.9 Å². The molecule has 1 aliphatic heterocycles. The van der Waals surface area contributed by atoms with Gasteiger partial charge in [0.15, 0.2) is 18.1 Å². The van der Waals surface area contributed by atoms with E-state index in [-0.39, 0.29) is 5.91 Å². The summed E-state index contributed by atoms with van der Waals surface area (Å²) in [5.74, 6) is 0.170. The van der Waals surface area contributed by atoms with Crippen LogP contribution in [0.2, 0.25) is 0 Å². The average molecular weight is 403 g/mol. The molecule has 154 valence electrons. The number of hydrogen-bond donors (Lipinski definition) is 1. The zero-order chi connectivity index (χ0) is 20.8. The topological polar surface area (TPSA) is 120 Å². The van der Waals surface area contributed by atoms with Gasteiger partial charge in [0.1, 0.15) is 19.8 Å². The van der Waals surface area contributed by atoms with Crippen molar-refractivity contribution in [3.8, 4) is 11.5 Å². The monoisotopic (exact) mass is 403 g/mol. The number of benzene rings is 1. The van der Waals surface area contributed by atoms with Crippen LogP contribution in [0, 0.1) is 0 Å². The van der Waals surface area contributed by atoms with E-state index in [9.17, 15) is 19.2 Å². The number of hydrogen-bond acceptors (Lipinski definition) is 7. The molecule has 0 unspecified atom stereocenters. The summed E-state index contributed by atoms with van der Waals surface area (Å²) in [5, 5.41) is 0. The number of ether oxygens (including phenoxy) is 3. The molecule has 1 aromatic heterocycles. The molecule has 1 aromatic carbocycles. The van der Waals surface area contributed by atoms with Crippen LogP contribution in [-0.4, -0.2) is 52.7 Å². The van der Waals surface area contributed by atoms with Crippen molar-refractivity contribution in [1.29, 1.82) is 0 Å². The highest BCUT2D eigenvalue weighted by Gasteiger charge is 2.17. The number of carbonyl (C=O) groups excluding carboxylic acids is 2. The smallest absolute Gasteiger partial charge is 0.328 e. The Morgan fingerprint density at radius 1 is 1.17 bits per heavy atom. The van der Waals surface area contributed by atoms with E-state index in [1.165, 1.54) is 11.1 Å². The highest BCUT2D eigenvalue weighted by Crippen LogP contribution is 2.31. The maximum atomic E-state index is 12.4. The van der Waals surface area contributed by atoms with Crippen LogP contribution in [0.25, 0.3) is 0 Å². The summed E-state index contributed by atoms with van der Waals surface area (Å²) in [6.45, 7) is 2.68. The van der Waals surface area contributed by atoms with Crippen molar-refractivity contribution >= 4 is 11.9 Å². The number of esters is 1. The molecule has 1 N–H and O–H groups in total. The normalized spacial score (nSPS) is 12.3. The van der Waals surface area contributed by atoms with E-state index in [1.807, 2.05) is 24.0 Å². The fourth-order valence-corrected chi connectivity index (χ4v) is 2.77. The first-order chi connectivity index (χ1) is 14.0. The van der Waals surface area contributed by atoms with Gasteiger partial charge in [-0.15, -0.1) is 0 Å². The number of nitrogens with one attached hydrogen (secondary N) is 1. The Morgan fingerprint density at radius 3 is 2.66 bits per heavy atom. The van der Waals surface area contributed by atoms with E-state index in [1.54, 1.807) is 6.07 Å². The number of rotatable bonds is 7. The molecule has 0 radical (unpaired) electrons. The van der Waals surface area contributed by atoms with E-state index < -0.39 is 30.4 Å². The van der Waals surface area contributed by atoms with Gasteiger partial charge in [-0.3, -0.25) is 23.9 Å². The van der Waals surface area contributed by atoms with Crippen molar-refractivity contribution < 1.29 is 23.8 Å². The second kappa shape index (κ2) is 9.09. The standard InChI is InChI=1S/C19H21N3O7/c1-2-21(10-13-3-4-14-15(9-13)28-8-7-27-14)17(24)12-29-18(25)11-22-6-5-16(23)20-19(22)26/h3-6,9H,2,7-8,10-12H2,1H3,(H,20,23,26). The number of amides is 1. The number of aromatic amines is 1. The lowest BCUT2D eigenvalue weighted by atomic mass is 10.2. The number of aromatic nitrogens is 2. The quantitative estimate of drug-likeness (QED) is 0.641. The summed E-state index contributed by atoms with van der Waals surface area (Å²) >= 11 is 0. The van der Waals surface area contributed by atoms with Gasteiger partial charge in [0.2, 0.25) is 0 Å². The average Bonchev–Trinajstić information content (AvgIpc) is 2.72. The minimum atomic E-state index is -0.761. The third-order valence-electron chi connectivity index (χ3n) is 4.27. The minimum Gasteiger partial charge on any atom is -0.486 e. The van der Waals surface area contributed by atoms with Gasteiger partial charge in [-0.25, -0.2) is 4.79 Å². The van der Waals surface area contributed by atoms with Crippen LogP contribution in [0.5, 0.6) is 11.5 Å². The summed E-state index contributed by atoms with van der Waals surface area (Å²) < 4.78 is 17.0. The Kier molecular flexibility index (Phi) is 6.32. The predicted octanol–water partition coefficient (Wildman–Crippen LogP) is -0.100. The molecule has 0 fully saturated rings. The van der Waals surface area contributed by atoms with Crippen molar-refractivity contribution in [1.82, 2.24) is 14.5 Å². The van der Waals surface area contributed by atoms with Gasteiger partial charge < -0.3 is 19.1 Å². The molecule has 0 atom stereocenters. The van der Waals surface area contributed by atoms with E-state index in [4.69, 9.17) is 14.2 Å². The Labute approximate surface area is 165 Å². The van der Waals surface area contributed by atoms with Gasteiger partial charge >= 0.3 is 11.7 Å². The SMILES string of the molecule is CCN(Cc1ccc2c(c1)OCCO2)C(=O)COC(=O)Cn1ccc(=O)[nH]c1=O. The first-order valence-corrected chi connectivity index (χ1v) is 9.08. The van der Waals surface area contributed by atoms with Crippen LogP contribution in [0.15, 0.2) is 40.1 Å².